The van der Waals surface area contributed by atoms with E-state index in [0.717, 1.165) is 4.47 Å². The molecular weight excluding hydrogens is 308 g/mol. The Bertz CT molecular complexity index is 614. The first-order chi connectivity index (χ1) is 9.10. The number of benzene rings is 2. The van der Waals surface area contributed by atoms with Crippen LogP contribution in [-0.4, -0.2) is 13.0 Å². The molecule has 0 fully saturated rings. The number of hydrogen-bond donors (Lipinski definition) is 2. The molecule has 0 bridgehead atoms. The molecule has 0 aliphatic carbocycles. The number of halogens is 1. The standard InChI is InChI=1S/C14H13BrN2O2/c1-19-11-5-6-12(15)13(8-11)17-14(18)9-3-2-4-10(16)7-9/h2-8H,16H2,1H3,(H,17,18). The van der Waals surface area contributed by atoms with Crippen LogP contribution < -0.4 is 15.8 Å². The number of nitrogen functional groups attached to an aromatic ring is 1. The van der Waals surface area contributed by atoms with Gasteiger partial charge in [-0.05, 0) is 46.3 Å². The van der Waals surface area contributed by atoms with Gasteiger partial charge in [0.2, 0.25) is 0 Å². The molecule has 5 heteroatoms. The fourth-order valence-electron chi connectivity index (χ4n) is 1.60. The van der Waals surface area contributed by atoms with Crippen molar-refractivity contribution >= 4 is 33.2 Å². The Morgan fingerprint density at radius 3 is 2.74 bits per heavy atom. The highest BCUT2D eigenvalue weighted by Gasteiger charge is 2.09. The Hall–Kier alpha value is -2.01. The van der Waals surface area contributed by atoms with Crippen LogP contribution in [0.4, 0.5) is 11.4 Å². The Kier molecular flexibility index (Phi) is 4.06. The van der Waals surface area contributed by atoms with Crippen LogP contribution in [-0.2, 0) is 0 Å². The summed E-state index contributed by atoms with van der Waals surface area (Å²) in [4.78, 5) is 12.1. The lowest BCUT2D eigenvalue weighted by Crippen LogP contribution is -2.12. The Morgan fingerprint density at radius 2 is 2.05 bits per heavy atom. The second kappa shape index (κ2) is 5.75. The van der Waals surface area contributed by atoms with Crippen LogP contribution in [0, 0.1) is 0 Å². The van der Waals surface area contributed by atoms with Crippen LogP contribution in [0.2, 0.25) is 0 Å². The number of anilines is 2. The fourth-order valence-corrected chi connectivity index (χ4v) is 1.95. The van der Waals surface area contributed by atoms with E-state index < -0.39 is 0 Å². The van der Waals surface area contributed by atoms with Gasteiger partial charge >= 0.3 is 0 Å². The normalized spacial score (nSPS) is 10.0. The molecule has 2 rings (SSSR count). The molecule has 0 heterocycles. The number of methoxy groups -OCH3 is 1. The highest BCUT2D eigenvalue weighted by Crippen LogP contribution is 2.27. The van der Waals surface area contributed by atoms with Crippen molar-refractivity contribution in [3.8, 4) is 5.75 Å². The number of carbonyl (C=O) groups excluding carboxylic acids is 1. The van der Waals surface area contributed by atoms with E-state index >= 15 is 0 Å². The number of nitrogens with two attached hydrogens (primary N) is 1. The number of nitrogens with one attached hydrogen (secondary N) is 1. The van der Waals surface area contributed by atoms with E-state index in [2.05, 4.69) is 21.2 Å². The molecule has 0 spiro atoms. The summed E-state index contributed by atoms with van der Waals surface area (Å²) in [6.07, 6.45) is 0. The molecular formula is C14H13BrN2O2. The minimum absolute atomic E-state index is 0.221. The molecule has 98 valence electrons. The zero-order valence-electron chi connectivity index (χ0n) is 10.3. The molecule has 0 aliphatic heterocycles. The van der Waals surface area contributed by atoms with E-state index in [0.29, 0.717) is 22.7 Å². The number of amides is 1. The third-order valence-electron chi connectivity index (χ3n) is 2.57. The largest absolute Gasteiger partial charge is 0.497 e. The van der Waals surface area contributed by atoms with Gasteiger partial charge in [-0.15, -0.1) is 0 Å². The van der Waals surface area contributed by atoms with Crippen LogP contribution in [0.5, 0.6) is 5.75 Å². The Balaban J connectivity index is 2.23. The quantitative estimate of drug-likeness (QED) is 0.853. The maximum Gasteiger partial charge on any atom is 0.255 e. The van der Waals surface area contributed by atoms with E-state index in [1.165, 1.54) is 0 Å². The highest BCUT2D eigenvalue weighted by molar-refractivity contribution is 9.10. The molecule has 2 aromatic rings. The van der Waals surface area contributed by atoms with Gasteiger partial charge < -0.3 is 15.8 Å². The van der Waals surface area contributed by atoms with Crippen molar-refractivity contribution in [3.05, 3.63) is 52.5 Å². The predicted molar refractivity (Wildman–Crippen MR) is 79.5 cm³/mol. The van der Waals surface area contributed by atoms with Gasteiger partial charge in [-0.3, -0.25) is 4.79 Å². The smallest absolute Gasteiger partial charge is 0.255 e. The molecule has 0 saturated carbocycles. The molecule has 1 amide bonds. The summed E-state index contributed by atoms with van der Waals surface area (Å²) in [7, 11) is 1.58. The summed E-state index contributed by atoms with van der Waals surface area (Å²) >= 11 is 3.38. The number of rotatable bonds is 3. The minimum Gasteiger partial charge on any atom is -0.497 e. The number of ether oxygens (including phenoxy) is 1. The van der Waals surface area contributed by atoms with E-state index in [1.54, 1.807) is 43.5 Å². The van der Waals surface area contributed by atoms with Gasteiger partial charge in [-0.2, -0.15) is 0 Å². The van der Waals surface area contributed by atoms with E-state index in [9.17, 15) is 4.79 Å². The van der Waals surface area contributed by atoms with Crippen molar-refractivity contribution in [2.45, 2.75) is 0 Å². The zero-order chi connectivity index (χ0) is 13.8. The minimum atomic E-state index is -0.221. The van der Waals surface area contributed by atoms with Crippen LogP contribution >= 0.6 is 15.9 Å². The van der Waals surface area contributed by atoms with Crippen molar-refractivity contribution in [1.29, 1.82) is 0 Å². The summed E-state index contributed by atoms with van der Waals surface area (Å²) in [5, 5.41) is 2.81. The van der Waals surface area contributed by atoms with Gasteiger partial charge in [0, 0.05) is 21.8 Å². The SMILES string of the molecule is COc1ccc(Br)c(NC(=O)c2cccc(N)c2)c1. The van der Waals surface area contributed by atoms with Gasteiger partial charge in [0.1, 0.15) is 5.75 Å². The van der Waals surface area contributed by atoms with Crippen LogP contribution in [0.25, 0.3) is 0 Å². The lowest BCUT2D eigenvalue weighted by atomic mass is 10.2. The number of hydrogen-bond acceptors (Lipinski definition) is 3. The van der Waals surface area contributed by atoms with Crippen molar-refractivity contribution in [2.75, 3.05) is 18.2 Å². The zero-order valence-corrected chi connectivity index (χ0v) is 11.9. The molecule has 2 aromatic carbocycles. The molecule has 0 aromatic heterocycles. The average molecular weight is 321 g/mol. The van der Waals surface area contributed by atoms with Gasteiger partial charge in [0.25, 0.3) is 5.91 Å². The predicted octanol–water partition coefficient (Wildman–Crippen LogP) is 3.29. The van der Waals surface area contributed by atoms with Crippen LogP contribution in [0.1, 0.15) is 10.4 Å². The molecule has 0 unspecified atom stereocenters. The first-order valence-corrected chi connectivity index (χ1v) is 6.40. The van der Waals surface area contributed by atoms with Gasteiger partial charge in [0.15, 0.2) is 0 Å². The maximum absolute atomic E-state index is 12.1. The van der Waals surface area contributed by atoms with Crippen molar-refractivity contribution < 1.29 is 9.53 Å². The third-order valence-corrected chi connectivity index (χ3v) is 3.26. The molecule has 0 saturated heterocycles. The maximum atomic E-state index is 12.1. The molecule has 19 heavy (non-hydrogen) atoms. The van der Waals surface area contributed by atoms with Crippen LogP contribution in [0.3, 0.4) is 0 Å². The molecule has 0 radical (unpaired) electrons. The number of carbonyl (C=O) groups is 1. The van der Waals surface area contributed by atoms with E-state index in [1.807, 2.05) is 6.07 Å². The van der Waals surface area contributed by atoms with Crippen molar-refractivity contribution in [2.24, 2.45) is 0 Å². The summed E-state index contributed by atoms with van der Waals surface area (Å²) in [6, 6.07) is 12.2. The summed E-state index contributed by atoms with van der Waals surface area (Å²) in [6.45, 7) is 0. The monoisotopic (exact) mass is 320 g/mol. The summed E-state index contributed by atoms with van der Waals surface area (Å²) in [5.74, 6) is 0.451. The lowest BCUT2D eigenvalue weighted by Gasteiger charge is -2.09. The van der Waals surface area contributed by atoms with Gasteiger partial charge in [-0.1, -0.05) is 6.07 Å². The average Bonchev–Trinajstić information content (AvgIpc) is 2.41. The first-order valence-electron chi connectivity index (χ1n) is 5.60. The summed E-state index contributed by atoms with van der Waals surface area (Å²) < 4.78 is 5.91. The first kappa shape index (κ1) is 13.4. The van der Waals surface area contributed by atoms with Crippen molar-refractivity contribution in [3.63, 3.8) is 0 Å². The van der Waals surface area contributed by atoms with E-state index in [-0.39, 0.29) is 5.91 Å². The molecule has 0 aliphatic rings. The van der Waals surface area contributed by atoms with Gasteiger partial charge in [-0.25, -0.2) is 0 Å². The van der Waals surface area contributed by atoms with Gasteiger partial charge in [0.05, 0.1) is 12.8 Å². The lowest BCUT2D eigenvalue weighted by molar-refractivity contribution is 0.102. The fraction of sp³-hybridized carbons (Fsp3) is 0.0714. The molecule has 0 atom stereocenters. The molecule has 3 N–H and O–H groups in total. The van der Waals surface area contributed by atoms with Crippen LogP contribution in [0.15, 0.2) is 46.9 Å². The molecule has 4 nitrogen and oxygen atoms in total. The topological polar surface area (TPSA) is 64.3 Å². The Morgan fingerprint density at radius 1 is 1.26 bits per heavy atom. The third kappa shape index (κ3) is 3.26. The second-order valence-corrected chi connectivity index (χ2v) is 4.78. The Labute approximate surface area is 119 Å². The summed E-state index contributed by atoms with van der Waals surface area (Å²) in [5.41, 5.74) is 7.36. The highest BCUT2D eigenvalue weighted by atomic mass is 79.9. The van der Waals surface area contributed by atoms with Crippen molar-refractivity contribution in [1.82, 2.24) is 0 Å². The van der Waals surface area contributed by atoms with E-state index in [4.69, 9.17) is 10.5 Å². The second-order valence-electron chi connectivity index (χ2n) is 3.93.